The Hall–Kier alpha value is -1.13. The third-order valence-electron chi connectivity index (χ3n) is 3.50. The molecule has 0 radical (unpaired) electrons. The van der Waals surface area contributed by atoms with Gasteiger partial charge < -0.3 is 11.1 Å². The fourth-order valence-electron chi connectivity index (χ4n) is 2.05. The zero-order valence-electron chi connectivity index (χ0n) is 10.2. The van der Waals surface area contributed by atoms with Gasteiger partial charge in [-0.25, -0.2) is 4.39 Å². The van der Waals surface area contributed by atoms with Gasteiger partial charge in [0.05, 0.1) is 16.1 Å². The van der Waals surface area contributed by atoms with Gasteiger partial charge in [0.1, 0.15) is 5.82 Å². The summed E-state index contributed by atoms with van der Waals surface area (Å²) in [5.74, 6) is -0.566. The molecule has 98 valence electrons. The second-order valence-corrected chi connectivity index (χ2v) is 5.33. The van der Waals surface area contributed by atoms with E-state index in [1.165, 1.54) is 18.2 Å². The molecule has 0 heterocycles. The van der Waals surface area contributed by atoms with Crippen molar-refractivity contribution in [3.63, 3.8) is 0 Å². The molecule has 1 aliphatic carbocycles. The first-order valence-electron chi connectivity index (χ1n) is 5.94. The summed E-state index contributed by atoms with van der Waals surface area (Å²) in [6.45, 7) is 2.27. The topological polar surface area (TPSA) is 55.1 Å². The molecule has 18 heavy (non-hydrogen) atoms. The van der Waals surface area contributed by atoms with Crippen LogP contribution in [0.1, 0.15) is 30.1 Å². The maximum absolute atomic E-state index is 13.3. The summed E-state index contributed by atoms with van der Waals surface area (Å²) in [4.78, 5) is 12.1. The molecule has 1 aliphatic rings. The van der Waals surface area contributed by atoms with Crippen molar-refractivity contribution in [2.24, 2.45) is 11.7 Å². The lowest BCUT2D eigenvalue weighted by atomic mass is 9.95. The predicted octanol–water partition coefficient (Wildman–Crippen LogP) is 2.34. The molecule has 5 heteroatoms. The molecule has 3 nitrogen and oxygen atoms in total. The van der Waals surface area contributed by atoms with Crippen LogP contribution < -0.4 is 11.1 Å². The average molecular weight is 271 g/mol. The van der Waals surface area contributed by atoms with Gasteiger partial charge >= 0.3 is 0 Å². The number of nitrogens with two attached hydrogens (primary N) is 1. The molecular formula is C13H16ClFN2O. The van der Waals surface area contributed by atoms with Crippen LogP contribution in [0.15, 0.2) is 18.2 Å². The highest BCUT2D eigenvalue weighted by molar-refractivity contribution is 6.34. The van der Waals surface area contributed by atoms with Crippen LogP contribution in [0.4, 0.5) is 4.39 Å². The number of nitrogens with one attached hydrogen (secondary N) is 1. The number of benzene rings is 1. The van der Waals surface area contributed by atoms with Gasteiger partial charge in [-0.1, -0.05) is 17.7 Å². The first-order chi connectivity index (χ1) is 8.48. The van der Waals surface area contributed by atoms with Crippen LogP contribution in [-0.2, 0) is 0 Å². The van der Waals surface area contributed by atoms with E-state index < -0.39 is 11.4 Å². The quantitative estimate of drug-likeness (QED) is 0.882. The molecule has 1 saturated carbocycles. The highest BCUT2D eigenvalue weighted by Gasteiger charge is 2.41. The normalized spacial score (nSPS) is 18.2. The largest absolute Gasteiger partial charge is 0.345 e. The van der Waals surface area contributed by atoms with Gasteiger partial charge in [0.15, 0.2) is 0 Å². The lowest BCUT2D eigenvalue weighted by Gasteiger charge is -2.29. The molecule has 0 saturated heterocycles. The van der Waals surface area contributed by atoms with Crippen LogP contribution in [0.25, 0.3) is 0 Å². The van der Waals surface area contributed by atoms with Gasteiger partial charge in [0, 0.05) is 6.54 Å². The summed E-state index contributed by atoms with van der Waals surface area (Å²) < 4.78 is 13.3. The van der Waals surface area contributed by atoms with Crippen molar-refractivity contribution < 1.29 is 9.18 Å². The molecule has 1 atom stereocenters. The smallest absolute Gasteiger partial charge is 0.253 e. The number of carbonyl (C=O) groups is 1. The third-order valence-corrected chi connectivity index (χ3v) is 3.88. The standard InChI is InChI=1S/C13H16ClFN2O/c1-13(7-16,8-5-6-8)17-12(18)9-3-2-4-10(15)11(9)14/h2-4,8H,5-7,16H2,1H3,(H,17,18). The van der Waals surface area contributed by atoms with E-state index in [0.29, 0.717) is 12.5 Å². The molecule has 1 aromatic rings. The molecule has 0 spiro atoms. The molecule has 3 N–H and O–H groups in total. The average Bonchev–Trinajstić information content (AvgIpc) is 3.16. The summed E-state index contributed by atoms with van der Waals surface area (Å²) in [6.07, 6.45) is 2.12. The van der Waals surface area contributed by atoms with E-state index in [2.05, 4.69) is 5.32 Å². The number of hydrogen-bond acceptors (Lipinski definition) is 2. The number of rotatable bonds is 4. The fourth-order valence-corrected chi connectivity index (χ4v) is 2.26. The summed E-state index contributed by atoms with van der Waals surface area (Å²) in [5.41, 5.74) is 5.43. The maximum atomic E-state index is 13.3. The number of carbonyl (C=O) groups excluding carboxylic acids is 1. The summed E-state index contributed by atoms with van der Waals surface area (Å²) in [6, 6.07) is 4.19. The summed E-state index contributed by atoms with van der Waals surface area (Å²) >= 11 is 5.79. The van der Waals surface area contributed by atoms with Crippen molar-refractivity contribution in [3.05, 3.63) is 34.6 Å². The lowest BCUT2D eigenvalue weighted by Crippen LogP contribution is -2.53. The van der Waals surface area contributed by atoms with Crippen LogP contribution in [0, 0.1) is 11.7 Å². The molecular weight excluding hydrogens is 255 g/mol. The van der Waals surface area contributed by atoms with Crippen molar-refractivity contribution in [1.29, 1.82) is 0 Å². The number of hydrogen-bond donors (Lipinski definition) is 2. The van der Waals surface area contributed by atoms with E-state index in [0.717, 1.165) is 12.8 Å². The van der Waals surface area contributed by atoms with E-state index in [1.807, 2.05) is 6.92 Å². The zero-order chi connectivity index (χ0) is 13.3. The molecule has 1 aromatic carbocycles. The molecule has 2 rings (SSSR count). The Morgan fingerprint density at radius 2 is 2.28 bits per heavy atom. The highest BCUT2D eigenvalue weighted by Crippen LogP contribution is 2.39. The van der Waals surface area contributed by atoms with Gasteiger partial charge in [0.25, 0.3) is 5.91 Å². The van der Waals surface area contributed by atoms with Gasteiger partial charge in [-0.3, -0.25) is 4.79 Å². The van der Waals surface area contributed by atoms with Gasteiger partial charge in [0.2, 0.25) is 0 Å². The molecule has 1 amide bonds. The van der Waals surface area contributed by atoms with Crippen molar-refractivity contribution in [2.45, 2.75) is 25.3 Å². The monoisotopic (exact) mass is 270 g/mol. The Morgan fingerprint density at radius 3 is 2.83 bits per heavy atom. The van der Waals surface area contributed by atoms with Crippen LogP contribution in [0.3, 0.4) is 0 Å². The van der Waals surface area contributed by atoms with E-state index in [-0.39, 0.29) is 16.5 Å². The van der Waals surface area contributed by atoms with Gasteiger partial charge in [-0.2, -0.15) is 0 Å². The first-order valence-corrected chi connectivity index (χ1v) is 6.32. The van der Waals surface area contributed by atoms with Gasteiger partial charge in [-0.05, 0) is 37.8 Å². The fraction of sp³-hybridized carbons (Fsp3) is 0.462. The maximum Gasteiger partial charge on any atom is 0.253 e. The molecule has 0 bridgehead atoms. The molecule has 0 aliphatic heterocycles. The second kappa shape index (κ2) is 4.86. The van der Waals surface area contributed by atoms with Crippen LogP contribution >= 0.6 is 11.6 Å². The SMILES string of the molecule is CC(CN)(NC(=O)c1cccc(F)c1Cl)C1CC1. The molecule has 1 unspecified atom stereocenters. The lowest BCUT2D eigenvalue weighted by molar-refractivity contribution is 0.0897. The second-order valence-electron chi connectivity index (χ2n) is 4.95. The van der Waals surface area contributed by atoms with E-state index in [1.54, 1.807) is 0 Å². The minimum absolute atomic E-state index is 0.148. The highest BCUT2D eigenvalue weighted by atomic mass is 35.5. The van der Waals surface area contributed by atoms with Crippen molar-refractivity contribution in [2.75, 3.05) is 6.54 Å². The Morgan fingerprint density at radius 1 is 1.61 bits per heavy atom. The first kappa shape index (κ1) is 13.3. The minimum Gasteiger partial charge on any atom is -0.345 e. The third kappa shape index (κ3) is 2.49. The minimum atomic E-state index is -0.592. The van der Waals surface area contributed by atoms with E-state index in [9.17, 15) is 9.18 Å². The van der Waals surface area contributed by atoms with Gasteiger partial charge in [-0.15, -0.1) is 0 Å². The summed E-state index contributed by atoms with van der Waals surface area (Å²) in [5, 5.41) is 2.73. The number of amides is 1. The predicted molar refractivity (Wildman–Crippen MR) is 69.1 cm³/mol. The van der Waals surface area contributed by atoms with E-state index >= 15 is 0 Å². The van der Waals surface area contributed by atoms with Crippen molar-refractivity contribution in [3.8, 4) is 0 Å². The zero-order valence-corrected chi connectivity index (χ0v) is 10.9. The van der Waals surface area contributed by atoms with Crippen LogP contribution in [0.5, 0.6) is 0 Å². The van der Waals surface area contributed by atoms with Crippen LogP contribution in [-0.4, -0.2) is 18.0 Å². The van der Waals surface area contributed by atoms with Crippen molar-refractivity contribution >= 4 is 17.5 Å². The van der Waals surface area contributed by atoms with Crippen molar-refractivity contribution in [1.82, 2.24) is 5.32 Å². The van der Waals surface area contributed by atoms with E-state index in [4.69, 9.17) is 17.3 Å². The van der Waals surface area contributed by atoms with Crippen LogP contribution in [0.2, 0.25) is 5.02 Å². The Bertz CT molecular complexity index is 476. The Labute approximate surface area is 111 Å². The molecule has 1 fully saturated rings. The Balaban J connectivity index is 2.19. The number of halogens is 2. The Kier molecular flexibility index (Phi) is 3.59. The summed E-state index contributed by atoms with van der Waals surface area (Å²) in [7, 11) is 0. The molecule has 0 aromatic heterocycles.